The molecular weight excluding hydrogens is 525 g/mol. The molecule has 0 aliphatic rings. The standard InChI is InChI=1S/C25H23F3N4O5S/c1-13(29)22-21(23(33)30-12-14-4-6-15(7-5-14)38(3,34)35)32-24(37-22)17-8-10-18(36-2)20-16(17)9-11-19(31-20)25(26,27)28/h4-11,13H,12,29H2,1-3H3,(H,30,33)/t13-/m0/s1. The van der Waals surface area contributed by atoms with E-state index in [9.17, 15) is 26.4 Å². The third-order valence-corrected chi connectivity index (χ3v) is 6.78. The van der Waals surface area contributed by atoms with Crippen LogP contribution in [0.1, 0.15) is 40.5 Å². The molecule has 2 aromatic carbocycles. The Labute approximate surface area is 215 Å². The first-order chi connectivity index (χ1) is 17.8. The maximum absolute atomic E-state index is 13.3. The minimum absolute atomic E-state index is 0.0332. The topological polar surface area (TPSA) is 137 Å². The first-order valence-electron chi connectivity index (χ1n) is 11.2. The van der Waals surface area contributed by atoms with Crippen LogP contribution in [-0.2, 0) is 22.6 Å². The lowest BCUT2D eigenvalue weighted by Crippen LogP contribution is -2.25. The Hall–Kier alpha value is -3.97. The van der Waals surface area contributed by atoms with Gasteiger partial charge in [0, 0.05) is 23.8 Å². The summed E-state index contributed by atoms with van der Waals surface area (Å²) in [5, 5.41) is 2.96. The molecule has 0 aliphatic carbocycles. The highest BCUT2D eigenvalue weighted by atomic mass is 32.2. The first-order valence-corrected chi connectivity index (χ1v) is 13.1. The lowest BCUT2D eigenvalue weighted by atomic mass is 10.1. The summed E-state index contributed by atoms with van der Waals surface area (Å²) in [5.74, 6) is -0.439. The number of carbonyl (C=O) groups excluding carboxylic acids is 1. The fourth-order valence-electron chi connectivity index (χ4n) is 3.74. The highest BCUT2D eigenvalue weighted by Gasteiger charge is 2.33. The van der Waals surface area contributed by atoms with Gasteiger partial charge >= 0.3 is 6.18 Å². The van der Waals surface area contributed by atoms with Gasteiger partial charge in [0.1, 0.15) is 17.0 Å². The Morgan fingerprint density at radius 3 is 2.37 bits per heavy atom. The van der Waals surface area contributed by atoms with E-state index in [-0.39, 0.29) is 45.4 Å². The van der Waals surface area contributed by atoms with Gasteiger partial charge in [-0.3, -0.25) is 4.79 Å². The molecule has 0 fully saturated rings. The summed E-state index contributed by atoms with van der Waals surface area (Å²) in [4.78, 5) is 21.2. The highest BCUT2D eigenvalue weighted by Crippen LogP contribution is 2.37. The number of nitrogens with zero attached hydrogens (tertiary/aromatic N) is 2. The molecule has 1 atom stereocenters. The van der Waals surface area contributed by atoms with Gasteiger partial charge in [-0.15, -0.1) is 0 Å². The highest BCUT2D eigenvalue weighted by molar-refractivity contribution is 7.90. The predicted molar refractivity (Wildman–Crippen MR) is 132 cm³/mol. The summed E-state index contributed by atoms with van der Waals surface area (Å²) in [6, 6.07) is 10.3. The van der Waals surface area contributed by atoms with Crippen molar-refractivity contribution in [2.24, 2.45) is 5.73 Å². The number of halogens is 3. The molecule has 0 aliphatic heterocycles. The van der Waals surface area contributed by atoms with Crippen LogP contribution >= 0.6 is 0 Å². The molecule has 2 aromatic heterocycles. The number of benzene rings is 2. The second-order valence-electron chi connectivity index (χ2n) is 8.53. The lowest BCUT2D eigenvalue weighted by Gasteiger charge is -2.11. The fourth-order valence-corrected chi connectivity index (χ4v) is 4.37. The number of oxazole rings is 1. The molecule has 9 nitrogen and oxygen atoms in total. The van der Waals surface area contributed by atoms with Gasteiger partial charge in [0.05, 0.1) is 18.0 Å². The SMILES string of the molecule is COc1ccc(-c2nc(C(=O)NCc3ccc(S(C)(=O)=O)cc3)c([C@H](C)N)o2)c2ccc(C(F)(F)F)nc12. The Morgan fingerprint density at radius 1 is 1.11 bits per heavy atom. The molecule has 0 radical (unpaired) electrons. The molecule has 4 aromatic rings. The van der Waals surface area contributed by atoms with E-state index < -0.39 is 33.7 Å². The molecule has 0 unspecified atom stereocenters. The average Bonchev–Trinajstić information content (AvgIpc) is 3.31. The molecule has 0 saturated heterocycles. The van der Waals surface area contributed by atoms with E-state index in [0.29, 0.717) is 11.1 Å². The van der Waals surface area contributed by atoms with Gasteiger partial charge in [0.15, 0.2) is 21.3 Å². The van der Waals surface area contributed by atoms with Crippen LogP contribution < -0.4 is 15.8 Å². The zero-order chi connectivity index (χ0) is 27.8. The van der Waals surface area contributed by atoms with E-state index >= 15 is 0 Å². The predicted octanol–water partition coefficient (Wildman–Crippen LogP) is 4.27. The van der Waals surface area contributed by atoms with Crippen molar-refractivity contribution in [3.05, 3.63) is 71.2 Å². The van der Waals surface area contributed by atoms with Crippen LogP contribution in [0, 0.1) is 0 Å². The first kappa shape index (κ1) is 27.1. The van der Waals surface area contributed by atoms with E-state index in [4.69, 9.17) is 14.9 Å². The molecule has 3 N–H and O–H groups in total. The van der Waals surface area contributed by atoms with Crippen LogP contribution in [0.3, 0.4) is 0 Å². The van der Waals surface area contributed by atoms with Gasteiger partial charge in [-0.25, -0.2) is 18.4 Å². The smallest absolute Gasteiger partial charge is 0.433 e. The van der Waals surface area contributed by atoms with Gasteiger partial charge in [0.25, 0.3) is 5.91 Å². The summed E-state index contributed by atoms with van der Waals surface area (Å²) in [5.41, 5.74) is 5.71. The van der Waals surface area contributed by atoms with Crippen molar-refractivity contribution in [3.63, 3.8) is 0 Å². The van der Waals surface area contributed by atoms with Gasteiger partial charge in [-0.1, -0.05) is 12.1 Å². The van der Waals surface area contributed by atoms with Crippen LogP contribution in [0.25, 0.3) is 22.4 Å². The summed E-state index contributed by atoms with van der Waals surface area (Å²) >= 11 is 0. The maximum atomic E-state index is 13.3. The molecular formula is C25H23F3N4O5S. The second kappa shape index (κ2) is 10.1. The number of rotatable bonds is 7. The van der Waals surface area contributed by atoms with Crippen molar-refractivity contribution in [2.75, 3.05) is 13.4 Å². The second-order valence-corrected chi connectivity index (χ2v) is 10.5. The monoisotopic (exact) mass is 548 g/mol. The van der Waals surface area contributed by atoms with E-state index in [1.54, 1.807) is 19.1 Å². The van der Waals surface area contributed by atoms with Crippen LogP contribution in [0.2, 0.25) is 0 Å². The van der Waals surface area contributed by atoms with Crippen molar-refractivity contribution >= 4 is 26.6 Å². The molecule has 0 bridgehead atoms. The third-order valence-electron chi connectivity index (χ3n) is 5.65. The van der Waals surface area contributed by atoms with Gasteiger partial charge in [-0.2, -0.15) is 13.2 Å². The minimum atomic E-state index is -4.66. The summed E-state index contributed by atoms with van der Waals surface area (Å²) in [7, 11) is -2.04. The number of hydrogen-bond acceptors (Lipinski definition) is 8. The molecule has 200 valence electrons. The number of pyridine rings is 1. The largest absolute Gasteiger partial charge is 0.494 e. The third kappa shape index (κ3) is 5.48. The van der Waals surface area contributed by atoms with Crippen molar-refractivity contribution in [1.82, 2.24) is 15.3 Å². The maximum Gasteiger partial charge on any atom is 0.433 e. The summed E-state index contributed by atoms with van der Waals surface area (Å²) < 4.78 is 74.0. The van der Waals surface area contributed by atoms with E-state index in [0.717, 1.165) is 12.3 Å². The van der Waals surface area contributed by atoms with Gasteiger partial charge < -0.3 is 20.2 Å². The Kier molecular flexibility index (Phi) is 7.17. The molecule has 0 saturated carbocycles. The zero-order valence-electron chi connectivity index (χ0n) is 20.5. The molecule has 38 heavy (non-hydrogen) atoms. The number of sulfone groups is 1. The van der Waals surface area contributed by atoms with E-state index in [2.05, 4.69) is 15.3 Å². The number of nitrogens with one attached hydrogen (secondary N) is 1. The van der Waals surface area contributed by atoms with Crippen LogP contribution in [0.5, 0.6) is 5.75 Å². The number of amides is 1. The Balaban J connectivity index is 1.68. The fraction of sp³-hybridized carbons (Fsp3) is 0.240. The number of fused-ring (bicyclic) bond motifs is 1. The number of ether oxygens (including phenoxy) is 1. The Morgan fingerprint density at radius 2 is 1.79 bits per heavy atom. The number of carbonyl (C=O) groups is 1. The summed E-state index contributed by atoms with van der Waals surface area (Å²) in [6.45, 7) is 1.66. The van der Waals surface area contributed by atoms with Gasteiger partial charge in [-0.05, 0) is 48.9 Å². The number of hydrogen-bond donors (Lipinski definition) is 2. The average molecular weight is 549 g/mol. The molecule has 4 rings (SSSR count). The van der Waals surface area contributed by atoms with Crippen molar-refractivity contribution in [1.29, 1.82) is 0 Å². The quantitative estimate of drug-likeness (QED) is 0.349. The van der Waals surface area contributed by atoms with Crippen molar-refractivity contribution in [2.45, 2.75) is 30.6 Å². The van der Waals surface area contributed by atoms with E-state index in [1.807, 2.05) is 0 Å². The van der Waals surface area contributed by atoms with Crippen LogP contribution in [0.15, 0.2) is 57.8 Å². The van der Waals surface area contributed by atoms with Gasteiger partial charge in [0.2, 0.25) is 5.89 Å². The normalized spacial score (nSPS) is 12.9. The number of nitrogens with two attached hydrogens (primary N) is 1. The van der Waals surface area contributed by atoms with Crippen LogP contribution in [-0.4, -0.2) is 37.7 Å². The molecule has 0 spiro atoms. The molecule has 1 amide bonds. The van der Waals surface area contributed by atoms with Crippen molar-refractivity contribution in [3.8, 4) is 17.2 Å². The van der Waals surface area contributed by atoms with E-state index in [1.165, 1.54) is 37.4 Å². The number of aromatic nitrogens is 2. The minimum Gasteiger partial charge on any atom is -0.494 e. The molecule has 13 heteroatoms. The number of alkyl halides is 3. The molecule has 2 heterocycles. The van der Waals surface area contributed by atoms with Crippen LogP contribution in [0.4, 0.5) is 13.2 Å². The number of methoxy groups -OCH3 is 1. The van der Waals surface area contributed by atoms with Crippen molar-refractivity contribution < 1.29 is 35.5 Å². The lowest BCUT2D eigenvalue weighted by molar-refractivity contribution is -0.140. The summed E-state index contributed by atoms with van der Waals surface area (Å²) in [6.07, 6.45) is -3.56. The zero-order valence-corrected chi connectivity index (χ0v) is 21.3. The Bertz CT molecular complexity index is 1610.